The molecule has 0 radical (unpaired) electrons. The molecule has 5 rings (SSSR count). The number of piperazine rings is 1. The topological polar surface area (TPSA) is 76.9 Å². The fourth-order valence-electron chi connectivity index (χ4n) is 5.80. The first-order chi connectivity index (χ1) is 21.2. The van der Waals surface area contributed by atoms with Crippen molar-refractivity contribution in [2.75, 3.05) is 33.4 Å². The molecule has 0 spiro atoms. The molecular weight excluding hydrogens is 552 g/mol. The van der Waals surface area contributed by atoms with Gasteiger partial charge in [0.15, 0.2) is 5.69 Å². The fourth-order valence-corrected chi connectivity index (χ4v) is 5.80. The van der Waals surface area contributed by atoms with Crippen molar-refractivity contribution in [1.82, 2.24) is 19.4 Å². The van der Waals surface area contributed by atoms with Crippen LogP contribution in [0.4, 0.5) is 4.79 Å². The largest absolute Gasteiger partial charge is 0.444 e. The molecular formula is C36H42N4O4. The van der Waals surface area contributed by atoms with E-state index in [0.29, 0.717) is 38.4 Å². The average Bonchev–Trinajstić information content (AvgIpc) is 3.46. The van der Waals surface area contributed by atoms with Crippen LogP contribution in [-0.2, 0) is 22.3 Å². The van der Waals surface area contributed by atoms with Crippen molar-refractivity contribution in [3.05, 3.63) is 114 Å². The van der Waals surface area contributed by atoms with E-state index in [9.17, 15) is 9.59 Å². The molecule has 0 saturated carbocycles. The highest BCUT2D eigenvalue weighted by Gasteiger charge is 2.37. The average molecular weight is 595 g/mol. The molecule has 1 aliphatic heterocycles. The van der Waals surface area contributed by atoms with E-state index in [2.05, 4.69) is 28.8 Å². The van der Waals surface area contributed by atoms with Gasteiger partial charge < -0.3 is 23.8 Å². The lowest BCUT2D eigenvalue weighted by molar-refractivity contribution is 0.00429. The lowest BCUT2D eigenvalue weighted by atomic mass is 10.0. The van der Waals surface area contributed by atoms with E-state index >= 15 is 0 Å². The van der Waals surface area contributed by atoms with Gasteiger partial charge in [-0.15, -0.1) is 0 Å². The van der Waals surface area contributed by atoms with Crippen LogP contribution in [0, 0.1) is 0 Å². The maximum Gasteiger partial charge on any atom is 0.410 e. The smallest absolute Gasteiger partial charge is 0.410 e. The molecule has 0 unspecified atom stereocenters. The number of hydrogen-bond acceptors (Lipinski definition) is 5. The molecule has 0 aliphatic carbocycles. The number of methoxy groups -OCH3 is 1. The van der Waals surface area contributed by atoms with Crippen LogP contribution in [-0.4, -0.2) is 76.3 Å². The predicted octanol–water partition coefficient (Wildman–Crippen LogP) is 6.28. The van der Waals surface area contributed by atoms with Crippen LogP contribution in [0.5, 0.6) is 0 Å². The number of amides is 2. The quantitative estimate of drug-likeness (QED) is 0.228. The Hall–Kier alpha value is -4.43. The summed E-state index contributed by atoms with van der Waals surface area (Å²) in [5, 5.41) is 0. The van der Waals surface area contributed by atoms with Crippen LogP contribution in [0.15, 0.2) is 97.3 Å². The summed E-state index contributed by atoms with van der Waals surface area (Å²) in [6.45, 7) is 7.18. The van der Waals surface area contributed by atoms with Gasteiger partial charge in [-0.1, -0.05) is 91.0 Å². The Morgan fingerprint density at radius 3 is 2.11 bits per heavy atom. The van der Waals surface area contributed by atoms with Crippen molar-refractivity contribution in [3.63, 3.8) is 0 Å². The zero-order valence-electron chi connectivity index (χ0n) is 26.1. The van der Waals surface area contributed by atoms with Crippen LogP contribution in [0.25, 0.3) is 11.3 Å². The summed E-state index contributed by atoms with van der Waals surface area (Å²) in [7, 11) is 1.70. The van der Waals surface area contributed by atoms with Gasteiger partial charge in [-0.3, -0.25) is 4.79 Å². The number of carbonyl (C=O) groups excluding carboxylic acids is 2. The zero-order valence-corrected chi connectivity index (χ0v) is 26.1. The third-order valence-electron chi connectivity index (χ3n) is 7.82. The van der Waals surface area contributed by atoms with Gasteiger partial charge in [0.05, 0.1) is 30.7 Å². The second kappa shape index (κ2) is 13.9. The minimum atomic E-state index is -0.602. The molecule has 0 bridgehead atoms. The van der Waals surface area contributed by atoms with Crippen LogP contribution >= 0.6 is 0 Å². The van der Waals surface area contributed by atoms with E-state index < -0.39 is 5.60 Å². The Morgan fingerprint density at radius 2 is 1.50 bits per heavy atom. The Labute approximate surface area is 260 Å². The Morgan fingerprint density at radius 1 is 0.886 bits per heavy atom. The lowest BCUT2D eigenvalue weighted by Crippen LogP contribution is -2.58. The van der Waals surface area contributed by atoms with Crippen molar-refractivity contribution in [2.24, 2.45) is 0 Å². The standard InChI is InChI=1S/C36H42N4O4/c1-36(2,3)44-35(42)38-20-21-39(30(24-38)22-27-14-8-5-9-15-27)34(41)32-33(29-18-12-7-13-19-29)40(26-37-32)31(25-43-4)23-28-16-10-6-11-17-28/h5-19,26,30-31H,20-25H2,1-4H3/t30-,31-/m1/s1. The van der Waals surface area contributed by atoms with E-state index in [1.165, 1.54) is 5.56 Å². The predicted molar refractivity (Wildman–Crippen MR) is 171 cm³/mol. The SMILES string of the molecule is COC[C@@H](Cc1ccccc1)n1cnc(C(=O)N2CCN(C(=O)OC(C)(C)C)C[C@H]2Cc2ccccc2)c1-c1ccccc1. The molecule has 8 heteroatoms. The first-order valence-electron chi connectivity index (χ1n) is 15.2. The molecule has 230 valence electrons. The summed E-state index contributed by atoms with van der Waals surface area (Å²) in [5.41, 5.74) is 3.74. The van der Waals surface area contributed by atoms with E-state index in [4.69, 9.17) is 14.5 Å². The second-order valence-corrected chi connectivity index (χ2v) is 12.3. The van der Waals surface area contributed by atoms with Crippen LogP contribution < -0.4 is 0 Å². The van der Waals surface area contributed by atoms with Gasteiger partial charge in [-0.2, -0.15) is 0 Å². The Bertz CT molecular complexity index is 1520. The van der Waals surface area contributed by atoms with Gasteiger partial charge in [0, 0.05) is 32.3 Å². The molecule has 4 aromatic rings. The molecule has 2 amide bonds. The normalized spacial score (nSPS) is 16.0. The van der Waals surface area contributed by atoms with Crippen molar-refractivity contribution in [2.45, 2.75) is 51.3 Å². The van der Waals surface area contributed by atoms with Crippen LogP contribution in [0.2, 0.25) is 0 Å². The summed E-state index contributed by atoms with van der Waals surface area (Å²) in [6.07, 6.45) is 2.74. The van der Waals surface area contributed by atoms with Crippen molar-refractivity contribution < 1.29 is 19.1 Å². The van der Waals surface area contributed by atoms with E-state index in [-0.39, 0.29) is 24.1 Å². The highest BCUT2D eigenvalue weighted by atomic mass is 16.6. The van der Waals surface area contributed by atoms with Gasteiger partial charge in [-0.05, 0) is 44.7 Å². The highest BCUT2D eigenvalue weighted by molar-refractivity contribution is 5.98. The van der Waals surface area contributed by atoms with Gasteiger partial charge >= 0.3 is 6.09 Å². The first-order valence-corrected chi connectivity index (χ1v) is 15.2. The summed E-state index contributed by atoms with van der Waals surface area (Å²) in [6, 6.07) is 30.0. The second-order valence-electron chi connectivity index (χ2n) is 12.3. The number of hydrogen-bond donors (Lipinski definition) is 0. The third kappa shape index (κ3) is 7.55. The molecule has 3 aromatic carbocycles. The fraction of sp³-hybridized carbons (Fsp3) is 0.361. The van der Waals surface area contributed by atoms with Crippen molar-refractivity contribution in [3.8, 4) is 11.3 Å². The maximum absolute atomic E-state index is 14.5. The number of ether oxygens (including phenoxy) is 2. The minimum absolute atomic E-state index is 0.0733. The van der Waals surface area contributed by atoms with Crippen molar-refractivity contribution >= 4 is 12.0 Å². The van der Waals surface area contributed by atoms with Crippen molar-refractivity contribution in [1.29, 1.82) is 0 Å². The maximum atomic E-state index is 14.5. The summed E-state index contributed by atoms with van der Waals surface area (Å²) < 4.78 is 13.4. The molecule has 2 atom stereocenters. The summed E-state index contributed by atoms with van der Waals surface area (Å²) in [5.74, 6) is -0.150. The molecule has 2 heterocycles. The van der Waals surface area contributed by atoms with Crippen LogP contribution in [0.1, 0.15) is 48.4 Å². The number of rotatable bonds is 9. The number of imidazole rings is 1. The zero-order chi connectivity index (χ0) is 31.1. The lowest BCUT2D eigenvalue weighted by Gasteiger charge is -2.41. The molecule has 1 aromatic heterocycles. The highest BCUT2D eigenvalue weighted by Crippen LogP contribution is 2.30. The van der Waals surface area contributed by atoms with Gasteiger partial charge in [-0.25, -0.2) is 9.78 Å². The molecule has 8 nitrogen and oxygen atoms in total. The molecule has 1 aliphatic rings. The van der Waals surface area contributed by atoms with Gasteiger partial charge in [0.25, 0.3) is 5.91 Å². The molecule has 1 saturated heterocycles. The van der Waals surface area contributed by atoms with E-state index in [1.807, 2.05) is 92.4 Å². The first kappa shape index (κ1) is 31.0. The van der Waals surface area contributed by atoms with Gasteiger partial charge in [0.1, 0.15) is 5.60 Å². The number of nitrogens with zero attached hydrogens (tertiary/aromatic N) is 4. The molecule has 0 N–H and O–H groups in total. The van der Waals surface area contributed by atoms with E-state index in [0.717, 1.165) is 23.2 Å². The number of benzene rings is 3. The Balaban J connectivity index is 1.50. The Kier molecular flexibility index (Phi) is 9.80. The van der Waals surface area contributed by atoms with Gasteiger partial charge in [0.2, 0.25) is 0 Å². The number of aromatic nitrogens is 2. The molecule has 44 heavy (non-hydrogen) atoms. The number of carbonyl (C=O) groups is 2. The summed E-state index contributed by atoms with van der Waals surface area (Å²) >= 11 is 0. The molecule has 1 fully saturated rings. The summed E-state index contributed by atoms with van der Waals surface area (Å²) in [4.78, 5) is 36.0. The third-order valence-corrected chi connectivity index (χ3v) is 7.82. The van der Waals surface area contributed by atoms with Crippen LogP contribution in [0.3, 0.4) is 0 Å². The minimum Gasteiger partial charge on any atom is -0.444 e. The van der Waals surface area contributed by atoms with E-state index in [1.54, 1.807) is 18.3 Å². The monoisotopic (exact) mass is 594 g/mol.